The van der Waals surface area contributed by atoms with Crippen molar-refractivity contribution in [2.24, 2.45) is 0 Å². The molecule has 3 heteroatoms. The number of hydrogen-bond acceptors (Lipinski definition) is 3. The fraction of sp³-hybridized carbons (Fsp3) is 0.625. The zero-order valence-corrected chi connectivity index (χ0v) is 11.7. The van der Waals surface area contributed by atoms with Crippen LogP contribution in [0.2, 0.25) is 0 Å². The van der Waals surface area contributed by atoms with Gasteiger partial charge in [0.05, 0.1) is 0 Å². The third-order valence-electron chi connectivity index (χ3n) is 4.61. The highest BCUT2D eigenvalue weighted by molar-refractivity contribution is 5.56. The Bertz CT molecular complexity index is 404. The van der Waals surface area contributed by atoms with Crippen molar-refractivity contribution in [3.63, 3.8) is 0 Å². The first kappa shape index (κ1) is 12.8. The monoisotopic (exact) mass is 259 g/mol. The van der Waals surface area contributed by atoms with Crippen LogP contribution < -0.4 is 10.6 Å². The van der Waals surface area contributed by atoms with Crippen LogP contribution in [-0.4, -0.2) is 37.1 Å². The maximum atomic E-state index is 5.87. The second-order valence-corrected chi connectivity index (χ2v) is 5.91. The molecule has 19 heavy (non-hydrogen) atoms. The van der Waals surface area contributed by atoms with Crippen molar-refractivity contribution in [2.75, 3.05) is 36.8 Å². The fourth-order valence-electron chi connectivity index (χ4n) is 3.49. The van der Waals surface area contributed by atoms with Gasteiger partial charge in [-0.1, -0.05) is 12.5 Å². The van der Waals surface area contributed by atoms with E-state index in [9.17, 15) is 0 Å². The second-order valence-electron chi connectivity index (χ2n) is 5.91. The van der Waals surface area contributed by atoms with Crippen molar-refractivity contribution in [1.29, 1.82) is 0 Å². The molecule has 0 unspecified atom stereocenters. The zero-order chi connectivity index (χ0) is 13.1. The smallest absolute Gasteiger partial charge is 0.0386 e. The Kier molecular flexibility index (Phi) is 3.92. The van der Waals surface area contributed by atoms with E-state index >= 15 is 0 Å². The highest BCUT2D eigenvalue weighted by atomic mass is 15.2. The minimum atomic E-state index is 0.817. The Hall–Kier alpha value is -1.22. The summed E-state index contributed by atoms with van der Waals surface area (Å²) >= 11 is 0. The molecular formula is C16H25N3. The number of piperidine rings is 2. The van der Waals surface area contributed by atoms with Gasteiger partial charge in [-0.2, -0.15) is 0 Å². The van der Waals surface area contributed by atoms with Gasteiger partial charge in [0.25, 0.3) is 0 Å². The van der Waals surface area contributed by atoms with Gasteiger partial charge in [-0.05, 0) is 57.0 Å². The maximum Gasteiger partial charge on any atom is 0.0386 e. The summed E-state index contributed by atoms with van der Waals surface area (Å²) in [5, 5.41) is 0. The Balaban J connectivity index is 1.57. The lowest BCUT2D eigenvalue weighted by Crippen LogP contribution is -2.46. The van der Waals surface area contributed by atoms with E-state index in [0.29, 0.717) is 0 Å². The number of nitrogens with zero attached hydrogens (tertiary/aromatic N) is 2. The summed E-state index contributed by atoms with van der Waals surface area (Å²) in [7, 11) is 0. The number of hydrogen-bond donors (Lipinski definition) is 1. The summed E-state index contributed by atoms with van der Waals surface area (Å²) in [5.41, 5.74) is 8.03. The molecule has 2 aliphatic heterocycles. The van der Waals surface area contributed by atoms with Gasteiger partial charge in [-0.25, -0.2) is 0 Å². The topological polar surface area (TPSA) is 32.5 Å². The van der Waals surface area contributed by atoms with E-state index in [4.69, 9.17) is 5.73 Å². The van der Waals surface area contributed by atoms with E-state index in [1.807, 2.05) is 6.07 Å². The van der Waals surface area contributed by atoms with Gasteiger partial charge < -0.3 is 15.5 Å². The van der Waals surface area contributed by atoms with Crippen LogP contribution in [0, 0.1) is 0 Å². The molecule has 2 heterocycles. The molecule has 104 valence electrons. The molecule has 0 bridgehead atoms. The normalized spacial score (nSPS) is 22.6. The van der Waals surface area contributed by atoms with E-state index in [-0.39, 0.29) is 0 Å². The summed E-state index contributed by atoms with van der Waals surface area (Å²) in [6, 6.07) is 9.11. The average Bonchev–Trinajstić information content (AvgIpc) is 2.48. The lowest BCUT2D eigenvalue weighted by molar-refractivity contribution is 0.141. The van der Waals surface area contributed by atoms with E-state index in [2.05, 4.69) is 28.0 Å². The lowest BCUT2D eigenvalue weighted by Gasteiger charge is -2.41. The fourth-order valence-corrected chi connectivity index (χ4v) is 3.49. The van der Waals surface area contributed by atoms with Gasteiger partial charge in [0.1, 0.15) is 0 Å². The highest BCUT2D eigenvalue weighted by Gasteiger charge is 2.25. The van der Waals surface area contributed by atoms with Gasteiger partial charge in [0.2, 0.25) is 0 Å². The van der Waals surface area contributed by atoms with Gasteiger partial charge in [-0.15, -0.1) is 0 Å². The number of benzene rings is 1. The zero-order valence-electron chi connectivity index (χ0n) is 11.7. The van der Waals surface area contributed by atoms with Crippen molar-refractivity contribution in [3.05, 3.63) is 24.3 Å². The molecular weight excluding hydrogens is 234 g/mol. The molecule has 0 aliphatic carbocycles. The average molecular weight is 259 g/mol. The van der Waals surface area contributed by atoms with Crippen molar-refractivity contribution in [1.82, 2.24) is 4.90 Å². The largest absolute Gasteiger partial charge is 0.399 e. The first-order chi connectivity index (χ1) is 9.33. The van der Waals surface area contributed by atoms with Crippen LogP contribution >= 0.6 is 0 Å². The molecule has 0 spiro atoms. The summed E-state index contributed by atoms with van der Waals surface area (Å²) in [4.78, 5) is 5.21. The molecule has 2 fully saturated rings. The molecule has 1 aromatic carbocycles. The van der Waals surface area contributed by atoms with Crippen LogP contribution in [0.3, 0.4) is 0 Å². The standard InChI is InChI=1S/C16H25N3/c17-14-5-4-6-16(13-14)19-11-7-15(8-12-19)18-9-2-1-3-10-18/h4-6,13,15H,1-3,7-12,17H2. The van der Waals surface area contributed by atoms with Gasteiger partial charge >= 0.3 is 0 Å². The minimum Gasteiger partial charge on any atom is -0.399 e. The second kappa shape index (κ2) is 5.83. The molecule has 2 N–H and O–H groups in total. The van der Waals surface area contributed by atoms with Crippen LogP contribution in [0.15, 0.2) is 24.3 Å². The predicted molar refractivity (Wildman–Crippen MR) is 81.5 cm³/mol. The van der Waals surface area contributed by atoms with Crippen LogP contribution in [0.25, 0.3) is 0 Å². The first-order valence-electron chi connectivity index (χ1n) is 7.67. The van der Waals surface area contributed by atoms with Crippen molar-refractivity contribution in [3.8, 4) is 0 Å². The Labute approximate surface area is 116 Å². The summed E-state index contributed by atoms with van der Waals surface area (Å²) < 4.78 is 0. The van der Waals surface area contributed by atoms with Gasteiger partial charge in [0.15, 0.2) is 0 Å². The Morgan fingerprint density at radius 3 is 2.37 bits per heavy atom. The van der Waals surface area contributed by atoms with E-state index in [0.717, 1.165) is 11.7 Å². The Morgan fingerprint density at radius 1 is 0.947 bits per heavy atom. The molecule has 2 saturated heterocycles. The molecule has 3 rings (SSSR count). The van der Waals surface area contributed by atoms with E-state index in [1.165, 1.54) is 64.0 Å². The molecule has 0 saturated carbocycles. The molecule has 0 aromatic heterocycles. The van der Waals surface area contributed by atoms with Crippen molar-refractivity contribution in [2.45, 2.75) is 38.1 Å². The molecule has 3 nitrogen and oxygen atoms in total. The number of likely N-dealkylation sites (tertiary alicyclic amines) is 1. The van der Waals surface area contributed by atoms with E-state index < -0.39 is 0 Å². The third kappa shape index (κ3) is 3.03. The van der Waals surface area contributed by atoms with Crippen LogP contribution in [-0.2, 0) is 0 Å². The number of anilines is 2. The molecule has 0 radical (unpaired) electrons. The minimum absolute atomic E-state index is 0.817. The molecule has 0 amide bonds. The number of nitrogens with two attached hydrogens (primary N) is 1. The van der Waals surface area contributed by atoms with Crippen molar-refractivity contribution >= 4 is 11.4 Å². The maximum absolute atomic E-state index is 5.87. The molecule has 1 aromatic rings. The summed E-state index contributed by atoms with van der Waals surface area (Å²) in [6.45, 7) is 4.99. The number of nitrogen functional groups attached to an aromatic ring is 1. The van der Waals surface area contributed by atoms with Crippen LogP contribution in [0.4, 0.5) is 11.4 Å². The van der Waals surface area contributed by atoms with Crippen LogP contribution in [0.5, 0.6) is 0 Å². The summed E-state index contributed by atoms with van der Waals surface area (Å²) in [5.74, 6) is 0. The lowest BCUT2D eigenvalue weighted by atomic mass is 9.99. The van der Waals surface area contributed by atoms with Gasteiger partial charge in [0, 0.05) is 30.5 Å². The molecule has 0 atom stereocenters. The molecule has 2 aliphatic rings. The summed E-state index contributed by atoms with van der Waals surface area (Å²) in [6.07, 6.45) is 6.83. The Morgan fingerprint density at radius 2 is 1.68 bits per heavy atom. The third-order valence-corrected chi connectivity index (χ3v) is 4.61. The first-order valence-corrected chi connectivity index (χ1v) is 7.67. The van der Waals surface area contributed by atoms with Gasteiger partial charge in [-0.3, -0.25) is 0 Å². The van der Waals surface area contributed by atoms with Crippen molar-refractivity contribution < 1.29 is 0 Å². The predicted octanol–water partition coefficient (Wildman–Crippen LogP) is 2.72. The SMILES string of the molecule is Nc1cccc(N2CCC(N3CCCCC3)CC2)c1. The highest BCUT2D eigenvalue weighted by Crippen LogP contribution is 2.25. The van der Waals surface area contributed by atoms with E-state index in [1.54, 1.807) is 0 Å². The number of rotatable bonds is 2. The quantitative estimate of drug-likeness (QED) is 0.829. The van der Waals surface area contributed by atoms with Crippen LogP contribution in [0.1, 0.15) is 32.1 Å².